The van der Waals surface area contributed by atoms with Gasteiger partial charge < -0.3 is 9.52 Å². The summed E-state index contributed by atoms with van der Waals surface area (Å²) in [4.78, 5) is 25.3. The number of amides is 1. The predicted octanol–water partition coefficient (Wildman–Crippen LogP) is 2.54. The lowest BCUT2D eigenvalue weighted by Gasteiger charge is -2.05. The third-order valence-corrected chi connectivity index (χ3v) is 2.34. The van der Waals surface area contributed by atoms with Gasteiger partial charge in [-0.3, -0.25) is 10.1 Å². The molecule has 0 aliphatic rings. The molecule has 0 radical (unpaired) electrons. The van der Waals surface area contributed by atoms with E-state index in [0.717, 1.165) is 0 Å². The maximum absolute atomic E-state index is 12.2. The zero-order chi connectivity index (χ0) is 15.6. The first-order valence-electron chi connectivity index (χ1n) is 5.46. The van der Waals surface area contributed by atoms with Crippen molar-refractivity contribution in [2.45, 2.75) is 6.18 Å². The summed E-state index contributed by atoms with van der Waals surface area (Å²) in [7, 11) is 0. The van der Waals surface area contributed by atoms with Gasteiger partial charge in [0, 0.05) is 5.56 Å². The van der Waals surface area contributed by atoms with Crippen LogP contribution >= 0.6 is 0 Å². The topological polar surface area (TPSA) is 92.4 Å². The molecule has 0 fully saturated rings. The van der Waals surface area contributed by atoms with Gasteiger partial charge in [0.15, 0.2) is 0 Å². The number of nitrogens with one attached hydrogen (secondary N) is 1. The molecule has 1 amide bonds. The Bertz CT molecular complexity index is 680. The molecule has 21 heavy (non-hydrogen) atoms. The van der Waals surface area contributed by atoms with Crippen LogP contribution in [0.3, 0.4) is 0 Å². The van der Waals surface area contributed by atoms with E-state index < -0.39 is 29.6 Å². The number of carboxylic acids is 1. The Hall–Kier alpha value is -2.84. The summed E-state index contributed by atoms with van der Waals surface area (Å²) in [5.74, 6) is -5.06. The van der Waals surface area contributed by atoms with Crippen LogP contribution in [0.2, 0.25) is 0 Å². The second kappa shape index (κ2) is 5.27. The van der Waals surface area contributed by atoms with Gasteiger partial charge in [0.05, 0.1) is 0 Å². The molecule has 2 N–H and O–H groups in total. The van der Waals surface area contributed by atoms with Crippen LogP contribution in [0.1, 0.15) is 10.5 Å². The lowest BCUT2D eigenvalue weighted by Crippen LogP contribution is -2.30. The number of benzene rings is 1. The SMILES string of the molecule is O=C(O)c1nc(-c2ccccc2)oc1NC(=O)C(F)(F)F. The van der Waals surface area contributed by atoms with E-state index in [1.54, 1.807) is 18.2 Å². The van der Waals surface area contributed by atoms with E-state index in [1.807, 2.05) is 0 Å². The van der Waals surface area contributed by atoms with Gasteiger partial charge in [-0.1, -0.05) is 18.2 Å². The number of aromatic carboxylic acids is 1. The monoisotopic (exact) mass is 300 g/mol. The van der Waals surface area contributed by atoms with Gasteiger partial charge in [0.2, 0.25) is 17.5 Å². The Balaban J connectivity index is 2.39. The van der Waals surface area contributed by atoms with Crippen molar-refractivity contribution in [1.29, 1.82) is 0 Å². The molecular formula is C12H7F3N2O4. The quantitative estimate of drug-likeness (QED) is 0.908. The Kier molecular flexibility index (Phi) is 3.66. The van der Waals surface area contributed by atoms with Gasteiger partial charge in [-0.05, 0) is 12.1 Å². The minimum absolute atomic E-state index is 0.217. The zero-order valence-electron chi connectivity index (χ0n) is 10.1. The zero-order valence-corrected chi connectivity index (χ0v) is 10.1. The highest BCUT2D eigenvalue weighted by molar-refractivity contribution is 5.99. The fourth-order valence-corrected chi connectivity index (χ4v) is 1.43. The van der Waals surface area contributed by atoms with Gasteiger partial charge in [0.25, 0.3) is 0 Å². The Morgan fingerprint density at radius 1 is 1.19 bits per heavy atom. The molecule has 0 bridgehead atoms. The van der Waals surface area contributed by atoms with Crippen molar-refractivity contribution in [1.82, 2.24) is 4.98 Å². The summed E-state index contributed by atoms with van der Waals surface area (Å²) in [5.41, 5.74) is -0.459. The number of carbonyl (C=O) groups is 2. The molecule has 1 aromatic heterocycles. The van der Waals surface area contributed by atoms with Gasteiger partial charge >= 0.3 is 18.1 Å². The van der Waals surface area contributed by atoms with Crippen LogP contribution in [0, 0.1) is 0 Å². The third-order valence-electron chi connectivity index (χ3n) is 2.34. The number of rotatable bonds is 3. The molecule has 0 atom stereocenters. The first-order valence-corrected chi connectivity index (χ1v) is 5.46. The molecule has 0 spiro atoms. The van der Waals surface area contributed by atoms with Crippen molar-refractivity contribution in [2.75, 3.05) is 5.32 Å². The summed E-state index contributed by atoms with van der Waals surface area (Å²) < 4.78 is 41.4. The average Bonchev–Trinajstić information content (AvgIpc) is 2.83. The molecule has 110 valence electrons. The fourth-order valence-electron chi connectivity index (χ4n) is 1.43. The predicted molar refractivity (Wildman–Crippen MR) is 63.6 cm³/mol. The number of aromatic nitrogens is 1. The molecule has 1 aromatic carbocycles. The highest BCUT2D eigenvalue weighted by Gasteiger charge is 2.40. The number of hydrogen-bond acceptors (Lipinski definition) is 4. The molecule has 1 heterocycles. The van der Waals surface area contributed by atoms with Crippen LogP contribution < -0.4 is 5.32 Å². The first-order chi connectivity index (χ1) is 9.79. The number of alkyl halides is 3. The molecule has 2 rings (SSSR count). The number of anilines is 1. The number of nitrogens with zero attached hydrogens (tertiary/aromatic N) is 1. The lowest BCUT2D eigenvalue weighted by atomic mass is 10.2. The Morgan fingerprint density at radius 3 is 2.33 bits per heavy atom. The molecule has 0 saturated carbocycles. The Morgan fingerprint density at radius 2 is 1.81 bits per heavy atom. The maximum Gasteiger partial charge on any atom is 0.471 e. The molecule has 0 aliphatic heterocycles. The van der Waals surface area contributed by atoms with Gasteiger partial charge in [-0.2, -0.15) is 18.2 Å². The van der Waals surface area contributed by atoms with Crippen molar-refractivity contribution in [3.05, 3.63) is 36.0 Å². The van der Waals surface area contributed by atoms with Crippen LogP contribution in [-0.2, 0) is 4.79 Å². The van der Waals surface area contributed by atoms with E-state index >= 15 is 0 Å². The first kappa shape index (κ1) is 14.6. The molecule has 0 unspecified atom stereocenters. The summed E-state index contributed by atoms with van der Waals surface area (Å²) in [6.45, 7) is 0. The van der Waals surface area contributed by atoms with Crippen LogP contribution in [0.15, 0.2) is 34.7 Å². The smallest absolute Gasteiger partial charge is 0.471 e. The normalized spacial score (nSPS) is 11.2. The highest BCUT2D eigenvalue weighted by Crippen LogP contribution is 2.27. The molecule has 0 saturated heterocycles. The van der Waals surface area contributed by atoms with Crippen LogP contribution in [0.25, 0.3) is 11.5 Å². The summed E-state index contributed by atoms with van der Waals surface area (Å²) >= 11 is 0. The van der Waals surface area contributed by atoms with E-state index in [2.05, 4.69) is 4.98 Å². The van der Waals surface area contributed by atoms with Crippen molar-refractivity contribution < 1.29 is 32.3 Å². The van der Waals surface area contributed by atoms with Crippen LogP contribution in [0.5, 0.6) is 0 Å². The van der Waals surface area contributed by atoms with E-state index in [0.29, 0.717) is 5.56 Å². The fraction of sp³-hybridized carbons (Fsp3) is 0.0833. The van der Waals surface area contributed by atoms with Crippen molar-refractivity contribution in [3.8, 4) is 11.5 Å². The summed E-state index contributed by atoms with van der Waals surface area (Å²) in [6.07, 6.45) is -5.17. The van der Waals surface area contributed by atoms with Crippen molar-refractivity contribution >= 4 is 17.8 Å². The van der Waals surface area contributed by atoms with E-state index in [1.165, 1.54) is 17.4 Å². The van der Waals surface area contributed by atoms with Gasteiger partial charge in [-0.25, -0.2) is 4.79 Å². The third kappa shape index (κ3) is 3.19. The van der Waals surface area contributed by atoms with E-state index in [9.17, 15) is 22.8 Å². The van der Waals surface area contributed by atoms with Crippen LogP contribution in [0.4, 0.5) is 19.1 Å². The van der Waals surface area contributed by atoms with Crippen LogP contribution in [-0.4, -0.2) is 28.1 Å². The molecular weight excluding hydrogens is 293 g/mol. The van der Waals surface area contributed by atoms with Crippen molar-refractivity contribution in [2.24, 2.45) is 0 Å². The number of carboxylic acid groups (broad SMARTS) is 1. The second-order valence-electron chi connectivity index (χ2n) is 3.82. The van der Waals surface area contributed by atoms with Gasteiger partial charge in [0.1, 0.15) is 0 Å². The van der Waals surface area contributed by atoms with Crippen molar-refractivity contribution in [3.63, 3.8) is 0 Å². The standard InChI is InChI=1S/C12H7F3N2O4/c13-12(14,15)11(20)17-9-7(10(18)19)16-8(21-9)6-4-2-1-3-5-6/h1-5H,(H,17,20)(H,18,19). The highest BCUT2D eigenvalue weighted by atomic mass is 19.4. The molecule has 2 aromatic rings. The number of halogens is 3. The minimum Gasteiger partial charge on any atom is -0.476 e. The van der Waals surface area contributed by atoms with Gasteiger partial charge in [-0.15, -0.1) is 0 Å². The second-order valence-corrected chi connectivity index (χ2v) is 3.82. The number of carbonyl (C=O) groups excluding carboxylic acids is 1. The number of hydrogen-bond donors (Lipinski definition) is 2. The van der Waals surface area contributed by atoms with E-state index in [-0.39, 0.29) is 5.89 Å². The molecule has 9 heteroatoms. The average molecular weight is 300 g/mol. The summed E-state index contributed by atoms with van der Waals surface area (Å²) in [5, 5.41) is 10.2. The van der Waals surface area contributed by atoms with E-state index in [4.69, 9.17) is 9.52 Å². The minimum atomic E-state index is -5.17. The molecule has 0 aliphatic carbocycles. The maximum atomic E-state index is 12.2. The summed E-state index contributed by atoms with van der Waals surface area (Å²) in [6, 6.07) is 7.93. The lowest BCUT2D eigenvalue weighted by molar-refractivity contribution is -0.167. The Labute approximate surface area is 115 Å². The largest absolute Gasteiger partial charge is 0.476 e. The molecule has 6 nitrogen and oxygen atoms in total. The number of oxazole rings is 1.